The summed E-state index contributed by atoms with van der Waals surface area (Å²) < 4.78 is 20.3. The minimum absolute atomic E-state index is 0.0140. The Kier molecular flexibility index (Phi) is 5.36. The third-order valence-corrected chi connectivity index (χ3v) is 8.81. The first-order valence-electron chi connectivity index (χ1n) is 12.8. The zero-order chi connectivity index (χ0) is 28.6. The Hall–Kier alpha value is -4.96. The quantitative estimate of drug-likeness (QED) is 0.272. The van der Waals surface area contributed by atoms with Gasteiger partial charge in [0.05, 0.1) is 33.8 Å². The maximum Gasteiger partial charge on any atom is 0.297 e. The van der Waals surface area contributed by atoms with E-state index in [1.165, 1.54) is 22.8 Å². The molecule has 2 amide bonds. The zero-order valence-corrected chi connectivity index (χ0v) is 22.6. The molecule has 5 aromatic rings. The van der Waals surface area contributed by atoms with E-state index in [0.29, 0.717) is 21.8 Å². The molecule has 10 heteroatoms. The van der Waals surface area contributed by atoms with Gasteiger partial charge < -0.3 is 9.32 Å². The molecule has 0 radical (unpaired) electrons. The van der Waals surface area contributed by atoms with Gasteiger partial charge in [0.25, 0.3) is 11.8 Å². The van der Waals surface area contributed by atoms with Gasteiger partial charge in [-0.15, -0.1) is 0 Å². The van der Waals surface area contributed by atoms with E-state index in [9.17, 15) is 23.6 Å². The molecule has 2 aliphatic heterocycles. The lowest BCUT2D eigenvalue weighted by molar-refractivity contribution is -0.121. The molecular formula is C31H20FN3O5S. The fraction of sp³-hybridized carbons (Fsp3) is 0.129. The number of carbonyl (C=O) groups excluding carboxylic acids is 3. The number of benzene rings is 3. The van der Waals surface area contributed by atoms with Gasteiger partial charge in [0.15, 0.2) is 21.9 Å². The van der Waals surface area contributed by atoms with Gasteiger partial charge in [0.2, 0.25) is 5.76 Å². The summed E-state index contributed by atoms with van der Waals surface area (Å²) in [6.07, 6.45) is 0. The van der Waals surface area contributed by atoms with Crippen molar-refractivity contribution in [3.05, 3.63) is 122 Å². The number of amides is 2. The molecule has 3 aromatic carbocycles. The number of aromatic nitrogens is 1. The highest BCUT2D eigenvalue weighted by Gasteiger charge is 2.66. The molecule has 0 fully saturated rings. The lowest BCUT2D eigenvalue weighted by Gasteiger charge is -2.32. The van der Waals surface area contributed by atoms with Gasteiger partial charge in [-0.1, -0.05) is 59.9 Å². The van der Waals surface area contributed by atoms with Crippen LogP contribution in [0.4, 0.5) is 15.2 Å². The van der Waals surface area contributed by atoms with Gasteiger partial charge in [-0.25, -0.2) is 9.37 Å². The van der Waals surface area contributed by atoms with E-state index in [-0.39, 0.29) is 39.8 Å². The largest absolute Gasteiger partial charge is 0.450 e. The predicted octanol–water partition coefficient (Wildman–Crippen LogP) is 5.35. The van der Waals surface area contributed by atoms with Crippen LogP contribution in [0, 0.1) is 12.7 Å². The summed E-state index contributed by atoms with van der Waals surface area (Å²) >= 11 is 0.965. The number of nitrogens with zero attached hydrogens (tertiary/aromatic N) is 3. The molecule has 7 rings (SSSR count). The minimum atomic E-state index is -1.99. The fourth-order valence-corrected chi connectivity index (χ4v) is 6.88. The highest BCUT2D eigenvalue weighted by atomic mass is 32.1. The Morgan fingerprint density at radius 2 is 1.76 bits per heavy atom. The van der Waals surface area contributed by atoms with Crippen molar-refractivity contribution >= 4 is 50.7 Å². The van der Waals surface area contributed by atoms with Crippen molar-refractivity contribution in [3.8, 4) is 0 Å². The fourth-order valence-electron chi connectivity index (χ4n) is 5.86. The van der Waals surface area contributed by atoms with Crippen LogP contribution in [0.3, 0.4) is 0 Å². The highest BCUT2D eigenvalue weighted by molar-refractivity contribution is 7.17. The van der Waals surface area contributed by atoms with Crippen LogP contribution < -0.4 is 15.2 Å². The van der Waals surface area contributed by atoms with Crippen molar-refractivity contribution in [2.45, 2.75) is 25.9 Å². The van der Waals surface area contributed by atoms with E-state index >= 15 is 0 Å². The van der Waals surface area contributed by atoms with Gasteiger partial charge in [-0.3, -0.25) is 24.1 Å². The number of halogens is 1. The molecular weight excluding hydrogens is 545 g/mol. The molecule has 2 aromatic heterocycles. The van der Waals surface area contributed by atoms with Gasteiger partial charge in [0, 0.05) is 12.5 Å². The van der Waals surface area contributed by atoms with E-state index in [0.717, 1.165) is 29.0 Å². The third kappa shape index (κ3) is 3.34. The molecule has 202 valence electrons. The van der Waals surface area contributed by atoms with Crippen LogP contribution in [0.2, 0.25) is 0 Å². The van der Waals surface area contributed by atoms with Gasteiger partial charge >= 0.3 is 0 Å². The first kappa shape index (κ1) is 25.0. The monoisotopic (exact) mass is 565 g/mol. The van der Waals surface area contributed by atoms with Crippen LogP contribution in [0.5, 0.6) is 0 Å². The Morgan fingerprint density at radius 1 is 1.02 bits per heavy atom. The number of rotatable bonds is 4. The van der Waals surface area contributed by atoms with Crippen LogP contribution >= 0.6 is 11.3 Å². The lowest BCUT2D eigenvalue weighted by atomic mass is 9.84. The molecule has 1 atom stereocenters. The molecule has 2 aliphatic rings. The number of anilines is 2. The van der Waals surface area contributed by atoms with Crippen molar-refractivity contribution in [2.75, 3.05) is 9.80 Å². The summed E-state index contributed by atoms with van der Waals surface area (Å²) in [6, 6.07) is 19.7. The van der Waals surface area contributed by atoms with E-state index in [1.54, 1.807) is 31.2 Å². The molecule has 1 unspecified atom stereocenters. The molecule has 0 bridgehead atoms. The standard InChI is InChI=1S/C31H20FN3O5S/c1-16-27(17(2)36)41-30(33-16)35-28(38)26-24(25(37)20-14-19(32)12-13-23(20)40-26)31(35)21-10-6-7-11-22(21)34(29(31)39)15-18-8-4-3-5-9-18/h3-14H,15H2,1-2H3. The Morgan fingerprint density at radius 3 is 2.49 bits per heavy atom. The second kappa shape index (κ2) is 8.77. The molecule has 0 saturated carbocycles. The maximum atomic E-state index is 14.9. The van der Waals surface area contributed by atoms with E-state index in [2.05, 4.69) is 4.98 Å². The number of hydrogen-bond donors (Lipinski definition) is 0. The average molecular weight is 566 g/mol. The third-order valence-electron chi connectivity index (χ3n) is 7.57. The van der Waals surface area contributed by atoms with Gasteiger partial charge in [-0.05, 0) is 36.8 Å². The molecule has 4 heterocycles. The Balaban J connectivity index is 1.58. The van der Waals surface area contributed by atoms with E-state index < -0.39 is 28.6 Å². The van der Waals surface area contributed by atoms with Crippen LogP contribution in [-0.2, 0) is 16.9 Å². The molecule has 0 aliphatic carbocycles. The number of Topliss-reactive ketones (excluding diaryl/α,β-unsaturated/α-hetero) is 1. The number of para-hydroxylation sites is 1. The first-order chi connectivity index (χ1) is 19.7. The first-order valence-corrected chi connectivity index (χ1v) is 13.6. The number of hydrogen-bond acceptors (Lipinski definition) is 7. The topological polar surface area (TPSA) is 101 Å². The van der Waals surface area contributed by atoms with Crippen molar-refractivity contribution in [1.82, 2.24) is 4.98 Å². The van der Waals surface area contributed by atoms with Crippen LogP contribution in [0.15, 0.2) is 82.0 Å². The highest BCUT2D eigenvalue weighted by Crippen LogP contribution is 2.55. The summed E-state index contributed by atoms with van der Waals surface area (Å²) in [5, 5.41) is -0.0206. The van der Waals surface area contributed by atoms with Crippen molar-refractivity contribution in [3.63, 3.8) is 0 Å². The molecule has 8 nitrogen and oxygen atoms in total. The average Bonchev–Trinajstić information content (AvgIpc) is 3.55. The summed E-state index contributed by atoms with van der Waals surface area (Å²) in [4.78, 5) is 63.2. The second-order valence-electron chi connectivity index (χ2n) is 9.99. The maximum absolute atomic E-state index is 14.9. The number of ketones is 1. The number of aryl methyl sites for hydroxylation is 1. The molecule has 41 heavy (non-hydrogen) atoms. The summed E-state index contributed by atoms with van der Waals surface area (Å²) in [7, 11) is 0. The van der Waals surface area contributed by atoms with E-state index in [1.807, 2.05) is 30.3 Å². The summed E-state index contributed by atoms with van der Waals surface area (Å²) in [6.45, 7) is 3.20. The smallest absolute Gasteiger partial charge is 0.297 e. The van der Waals surface area contributed by atoms with Gasteiger partial charge in [-0.2, -0.15) is 0 Å². The normalized spacial score (nSPS) is 17.5. The second-order valence-corrected chi connectivity index (χ2v) is 11.0. The summed E-state index contributed by atoms with van der Waals surface area (Å²) in [5.41, 5.74) is -0.758. The summed E-state index contributed by atoms with van der Waals surface area (Å²) in [5.74, 6) is -2.54. The molecule has 1 spiro atoms. The lowest BCUT2D eigenvalue weighted by Crippen LogP contribution is -2.53. The Labute approximate surface area is 236 Å². The SMILES string of the molecule is CC(=O)c1sc(N2C(=O)c3oc4ccc(F)cc4c(=O)c3C23C(=O)N(Cc2ccccc2)c2ccccc23)nc1C. The number of carbonyl (C=O) groups is 3. The number of fused-ring (bicyclic) bond motifs is 5. The number of thiazole rings is 1. The van der Waals surface area contributed by atoms with Crippen molar-refractivity contribution < 1.29 is 23.2 Å². The van der Waals surface area contributed by atoms with Crippen molar-refractivity contribution in [2.24, 2.45) is 0 Å². The predicted molar refractivity (Wildman–Crippen MR) is 151 cm³/mol. The van der Waals surface area contributed by atoms with Crippen LogP contribution in [0.1, 0.15) is 49.5 Å². The van der Waals surface area contributed by atoms with Crippen molar-refractivity contribution in [1.29, 1.82) is 0 Å². The molecule has 0 N–H and O–H groups in total. The zero-order valence-electron chi connectivity index (χ0n) is 21.8. The molecule has 0 saturated heterocycles. The van der Waals surface area contributed by atoms with Crippen LogP contribution in [0.25, 0.3) is 11.0 Å². The van der Waals surface area contributed by atoms with E-state index in [4.69, 9.17) is 4.42 Å². The van der Waals surface area contributed by atoms with Crippen LogP contribution in [-0.4, -0.2) is 22.6 Å². The van der Waals surface area contributed by atoms with Gasteiger partial charge in [0.1, 0.15) is 11.4 Å². The minimum Gasteiger partial charge on any atom is -0.450 e. The Bertz CT molecular complexity index is 2020.